The molecule has 0 saturated heterocycles. The van der Waals surface area contributed by atoms with Gasteiger partial charge in [0.25, 0.3) is 0 Å². The number of allylic oxidation sites excluding steroid dienone is 2. The molecule has 0 aliphatic carbocycles. The Balaban J connectivity index is 4.60. The summed E-state index contributed by atoms with van der Waals surface area (Å²) in [6.07, 6.45) is 6.43. The number of carbonyl (C=O) groups is 1. The molecule has 0 bridgehead atoms. The Bertz CT molecular complexity index is 409. The molecule has 0 aromatic heterocycles. The average molecular weight is 369 g/mol. The standard InChI is InChI=1S/C22H44O2Si/c1-10-25(11-2,12-3)24-22(8,9)21(23)17-20(7)16-19(6)15-13-14-18(4)5/h14,19-20H,10-13,15-17H2,1-9H3/t19-,20+/m1/s1. The molecule has 0 aromatic rings. The van der Waals surface area contributed by atoms with Gasteiger partial charge in [-0.15, -0.1) is 0 Å². The van der Waals surface area contributed by atoms with Crippen molar-refractivity contribution in [3.05, 3.63) is 11.6 Å². The zero-order chi connectivity index (χ0) is 19.7. The van der Waals surface area contributed by atoms with Crippen LogP contribution < -0.4 is 0 Å². The molecule has 3 heteroatoms. The summed E-state index contributed by atoms with van der Waals surface area (Å²) in [6.45, 7) is 19.5. The molecule has 0 fully saturated rings. The monoisotopic (exact) mass is 368 g/mol. The van der Waals surface area contributed by atoms with E-state index in [0.717, 1.165) is 31.0 Å². The third-order valence-electron chi connectivity index (χ3n) is 5.63. The summed E-state index contributed by atoms with van der Waals surface area (Å²) in [5.41, 5.74) is 0.762. The first kappa shape index (κ1) is 24.6. The maximum absolute atomic E-state index is 12.9. The molecule has 0 aliphatic heterocycles. The lowest BCUT2D eigenvalue weighted by atomic mass is 9.87. The van der Waals surface area contributed by atoms with Crippen LogP contribution in [-0.2, 0) is 9.22 Å². The van der Waals surface area contributed by atoms with Crippen molar-refractivity contribution in [1.29, 1.82) is 0 Å². The number of carbonyl (C=O) groups excluding carboxylic acids is 1. The Labute approximate surface area is 158 Å². The molecule has 0 aromatic carbocycles. The minimum absolute atomic E-state index is 0.281. The quantitative estimate of drug-likeness (QED) is 0.255. The average Bonchev–Trinajstić information content (AvgIpc) is 2.52. The molecule has 0 radical (unpaired) electrons. The Morgan fingerprint density at radius 1 is 1.04 bits per heavy atom. The van der Waals surface area contributed by atoms with E-state index in [9.17, 15) is 4.79 Å². The van der Waals surface area contributed by atoms with E-state index in [1.165, 1.54) is 12.0 Å². The first-order valence-electron chi connectivity index (χ1n) is 10.4. The predicted molar refractivity (Wildman–Crippen MR) is 114 cm³/mol. The van der Waals surface area contributed by atoms with Gasteiger partial charge >= 0.3 is 0 Å². The summed E-state index contributed by atoms with van der Waals surface area (Å²) in [4.78, 5) is 12.9. The smallest absolute Gasteiger partial charge is 0.193 e. The highest BCUT2D eigenvalue weighted by atomic mass is 28.4. The molecule has 0 heterocycles. The van der Waals surface area contributed by atoms with Crippen molar-refractivity contribution in [3.8, 4) is 0 Å². The maximum atomic E-state index is 12.9. The van der Waals surface area contributed by atoms with Crippen molar-refractivity contribution in [2.75, 3.05) is 0 Å². The Hall–Kier alpha value is -0.413. The second-order valence-corrected chi connectivity index (χ2v) is 13.5. The molecule has 0 amide bonds. The van der Waals surface area contributed by atoms with Crippen LogP contribution in [0.5, 0.6) is 0 Å². The van der Waals surface area contributed by atoms with Gasteiger partial charge in [-0.1, -0.05) is 46.3 Å². The fraction of sp³-hybridized carbons (Fsp3) is 0.864. The molecule has 0 rings (SSSR count). The van der Waals surface area contributed by atoms with Gasteiger partial charge in [0, 0.05) is 6.42 Å². The van der Waals surface area contributed by atoms with E-state index >= 15 is 0 Å². The first-order valence-corrected chi connectivity index (χ1v) is 12.9. The van der Waals surface area contributed by atoms with Crippen molar-refractivity contribution >= 4 is 14.1 Å². The first-order chi connectivity index (χ1) is 11.5. The molecule has 0 spiro atoms. The zero-order valence-corrected chi connectivity index (χ0v) is 19.5. The van der Waals surface area contributed by atoms with Crippen LogP contribution in [0.1, 0.15) is 88.0 Å². The lowest BCUT2D eigenvalue weighted by Crippen LogP contribution is -2.48. The van der Waals surface area contributed by atoms with Crippen LogP contribution in [0.15, 0.2) is 11.6 Å². The number of hydrogen-bond acceptors (Lipinski definition) is 2. The van der Waals surface area contributed by atoms with Gasteiger partial charge in [-0.25, -0.2) is 0 Å². The summed E-state index contributed by atoms with van der Waals surface area (Å²) < 4.78 is 6.51. The molecule has 25 heavy (non-hydrogen) atoms. The molecule has 2 nitrogen and oxygen atoms in total. The molecule has 2 atom stereocenters. The third-order valence-corrected chi connectivity index (χ3v) is 10.4. The van der Waals surface area contributed by atoms with Crippen molar-refractivity contribution < 1.29 is 9.22 Å². The molecule has 148 valence electrons. The number of Topliss-reactive ketones (excluding diaryl/α,β-unsaturated/α-hetero) is 1. The summed E-state index contributed by atoms with van der Waals surface area (Å²) >= 11 is 0. The number of rotatable bonds is 13. The molecule has 0 saturated carbocycles. The fourth-order valence-electron chi connectivity index (χ4n) is 3.67. The van der Waals surface area contributed by atoms with E-state index in [1.807, 2.05) is 13.8 Å². The highest BCUT2D eigenvalue weighted by molar-refractivity contribution is 6.73. The summed E-state index contributed by atoms with van der Waals surface area (Å²) in [5, 5.41) is 0. The van der Waals surface area contributed by atoms with E-state index < -0.39 is 13.9 Å². The predicted octanol–water partition coefficient (Wildman–Crippen LogP) is 7.15. The van der Waals surface area contributed by atoms with Gasteiger partial charge in [0.1, 0.15) is 5.60 Å². The largest absolute Gasteiger partial charge is 0.405 e. The third kappa shape index (κ3) is 9.19. The van der Waals surface area contributed by atoms with E-state index in [4.69, 9.17) is 4.43 Å². The van der Waals surface area contributed by atoms with Gasteiger partial charge in [0.05, 0.1) is 0 Å². The molecule has 0 N–H and O–H groups in total. The fourth-order valence-corrected chi connectivity index (χ4v) is 6.80. The topological polar surface area (TPSA) is 26.3 Å². The van der Waals surface area contributed by atoms with Crippen LogP contribution in [0.3, 0.4) is 0 Å². The van der Waals surface area contributed by atoms with E-state index in [2.05, 4.69) is 54.5 Å². The SMILES string of the molecule is CC[Si](CC)(CC)OC(C)(C)C(=O)C[C@@H](C)C[C@H](C)CCC=C(C)C. The summed E-state index contributed by atoms with van der Waals surface area (Å²) in [7, 11) is -1.75. The van der Waals surface area contributed by atoms with Crippen LogP contribution in [0, 0.1) is 11.8 Å². The Kier molecular flexibility index (Phi) is 11.1. The lowest BCUT2D eigenvalue weighted by molar-refractivity contribution is -0.133. The van der Waals surface area contributed by atoms with Gasteiger partial charge in [-0.2, -0.15) is 0 Å². The second kappa shape index (κ2) is 11.3. The highest BCUT2D eigenvalue weighted by Crippen LogP contribution is 2.30. The van der Waals surface area contributed by atoms with E-state index in [-0.39, 0.29) is 5.78 Å². The van der Waals surface area contributed by atoms with Crippen LogP contribution >= 0.6 is 0 Å². The minimum Gasteiger partial charge on any atom is -0.405 e. The van der Waals surface area contributed by atoms with Gasteiger partial charge in [0.15, 0.2) is 14.1 Å². The molecular formula is C22H44O2Si. The van der Waals surface area contributed by atoms with Crippen molar-refractivity contribution in [2.45, 2.75) is 112 Å². The second-order valence-electron chi connectivity index (χ2n) is 8.79. The van der Waals surface area contributed by atoms with Crippen LogP contribution in [0.4, 0.5) is 0 Å². The highest BCUT2D eigenvalue weighted by Gasteiger charge is 2.39. The van der Waals surface area contributed by atoms with Crippen molar-refractivity contribution in [1.82, 2.24) is 0 Å². The van der Waals surface area contributed by atoms with Gasteiger partial charge in [0.2, 0.25) is 0 Å². The van der Waals surface area contributed by atoms with Gasteiger partial charge in [-0.3, -0.25) is 4.79 Å². The maximum Gasteiger partial charge on any atom is 0.193 e. The van der Waals surface area contributed by atoms with E-state index in [0.29, 0.717) is 18.3 Å². The Morgan fingerprint density at radius 3 is 2.00 bits per heavy atom. The lowest BCUT2D eigenvalue weighted by Gasteiger charge is -2.37. The van der Waals surface area contributed by atoms with Crippen molar-refractivity contribution in [3.63, 3.8) is 0 Å². The molecule has 0 aliphatic rings. The summed E-state index contributed by atoms with van der Waals surface area (Å²) in [5.74, 6) is 1.37. The molecular weight excluding hydrogens is 324 g/mol. The number of hydrogen-bond donors (Lipinski definition) is 0. The summed E-state index contributed by atoms with van der Waals surface area (Å²) in [6, 6.07) is 3.27. The number of ketones is 1. The van der Waals surface area contributed by atoms with Crippen LogP contribution in [-0.4, -0.2) is 19.7 Å². The normalized spacial score (nSPS) is 14.9. The van der Waals surface area contributed by atoms with Crippen molar-refractivity contribution in [2.24, 2.45) is 11.8 Å². The van der Waals surface area contributed by atoms with Crippen LogP contribution in [0.25, 0.3) is 0 Å². The van der Waals surface area contributed by atoms with Gasteiger partial charge < -0.3 is 4.43 Å². The van der Waals surface area contributed by atoms with E-state index in [1.54, 1.807) is 0 Å². The van der Waals surface area contributed by atoms with Gasteiger partial charge in [-0.05, 0) is 76.9 Å². The van der Waals surface area contributed by atoms with Crippen LogP contribution in [0.2, 0.25) is 18.1 Å². The minimum atomic E-state index is -1.75. The molecule has 0 unspecified atom stereocenters. The Morgan fingerprint density at radius 2 is 1.56 bits per heavy atom. The zero-order valence-electron chi connectivity index (χ0n) is 18.5.